The van der Waals surface area contributed by atoms with Crippen molar-refractivity contribution < 1.29 is 14.1 Å². The first-order valence-corrected chi connectivity index (χ1v) is 10.7. The molecular formula is C21H27FN3OS+. The molecule has 2 aliphatic rings. The number of quaternary nitrogens is 1. The fraction of sp³-hybridized carbons (Fsp3) is 0.476. The van der Waals surface area contributed by atoms with E-state index in [0.717, 1.165) is 44.7 Å². The second-order valence-corrected chi connectivity index (χ2v) is 8.67. The number of hydrogen-bond donors (Lipinski definition) is 2. The summed E-state index contributed by atoms with van der Waals surface area (Å²) in [6.07, 6.45) is 2.07. The minimum absolute atomic E-state index is 0.115. The second-order valence-electron chi connectivity index (χ2n) is 7.69. The fourth-order valence-electron chi connectivity index (χ4n) is 4.06. The summed E-state index contributed by atoms with van der Waals surface area (Å²) in [6, 6.07) is 11.4. The first-order chi connectivity index (χ1) is 13.1. The standard InChI is InChI=1S/C21H26FN3OS/c1-15(23-21(26)16-4-5-16)20(19-3-2-14-27-19)25-12-10-24(11-13-25)18-8-6-17(22)7-9-18/h2-3,6-9,14-16,20H,4-5,10-13H2,1H3,(H,23,26)/p+1/t15-,20-/m1/s1. The summed E-state index contributed by atoms with van der Waals surface area (Å²) < 4.78 is 13.2. The van der Waals surface area contributed by atoms with Gasteiger partial charge in [0.1, 0.15) is 11.9 Å². The Bertz CT molecular complexity index is 752. The predicted octanol–water partition coefficient (Wildman–Crippen LogP) is 2.25. The molecule has 2 fully saturated rings. The molecule has 0 radical (unpaired) electrons. The number of nitrogens with zero attached hydrogens (tertiary/aromatic N) is 1. The lowest BCUT2D eigenvalue weighted by atomic mass is 10.0. The summed E-state index contributed by atoms with van der Waals surface area (Å²) in [5.74, 6) is 0.260. The lowest BCUT2D eigenvalue weighted by Gasteiger charge is -2.39. The van der Waals surface area contributed by atoms with Gasteiger partial charge in [-0.2, -0.15) is 0 Å². The zero-order valence-electron chi connectivity index (χ0n) is 15.7. The molecule has 2 N–H and O–H groups in total. The van der Waals surface area contributed by atoms with E-state index >= 15 is 0 Å². The van der Waals surface area contributed by atoms with Crippen LogP contribution in [-0.2, 0) is 4.79 Å². The van der Waals surface area contributed by atoms with Crippen LogP contribution >= 0.6 is 11.3 Å². The predicted molar refractivity (Wildman–Crippen MR) is 107 cm³/mol. The van der Waals surface area contributed by atoms with Crippen molar-refractivity contribution in [2.75, 3.05) is 31.1 Å². The van der Waals surface area contributed by atoms with Gasteiger partial charge in [0.25, 0.3) is 0 Å². The van der Waals surface area contributed by atoms with E-state index in [2.05, 4.69) is 34.7 Å². The van der Waals surface area contributed by atoms with E-state index < -0.39 is 0 Å². The molecular weight excluding hydrogens is 361 g/mol. The Balaban J connectivity index is 1.43. The Morgan fingerprint density at radius 1 is 1.22 bits per heavy atom. The number of amides is 1. The van der Waals surface area contributed by atoms with Gasteiger partial charge in [-0.1, -0.05) is 6.07 Å². The van der Waals surface area contributed by atoms with Gasteiger partial charge in [-0.25, -0.2) is 4.39 Å². The van der Waals surface area contributed by atoms with E-state index in [1.807, 2.05) is 12.1 Å². The number of carbonyl (C=O) groups excluding carboxylic acids is 1. The molecule has 0 spiro atoms. The van der Waals surface area contributed by atoms with Gasteiger partial charge in [-0.05, 0) is 55.5 Å². The van der Waals surface area contributed by atoms with E-state index in [1.165, 1.54) is 21.9 Å². The van der Waals surface area contributed by atoms with Gasteiger partial charge in [0, 0.05) is 11.6 Å². The molecule has 2 heterocycles. The minimum Gasteiger partial charge on any atom is -0.360 e. The highest BCUT2D eigenvalue weighted by atomic mass is 32.1. The Morgan fingerprint density at radius 3 is 2.52 bits per heavy atom. The average Bonchev–Trinajstić information content (AvgIpc) is 3.40. The topological polar surface area (TPSA) is 36.8 Å². The highest BCUT2D eigenvalue weighted by molar-refractivity contribution is 7.10. The van der Waals surface area contributed by atoms with Crippen molar-refractivity contribution >= 4 is 22.9 Å². The molecule has 2 aromatic rings. The van der Waals surface area contributed by atoms with E-state index in [0.29, 0.717) is 0 Å². The van der Waals surface area contributed by atoms with Gasteiger partial charge in [0.15, 0.2) is 0 Å². The number of halogens is 1. The Hall–Kier alpha value is -1.92. The van der Waals surface area contributed by atoms with Crippen molar-refractivity contribution in [2.45, 2.75) is 31.8 Å². The third-order valence-corrected chi connectivity index (χ3v) is 6.66. The highest BCUT2D eigenvalue weighted by Crippen LogP contribution is 2.29. The van der Waals surface area contributed by atoms with Gasteiger partial charge in [0.05, 0.1) is 37.1 Å². The maximum atomic E-state index is 13.2. The Kier molecular flexibility index (Phi) is 5.45. The molecule has 1 aromatic carbocycles. The van der Waals surface area contributed by atoms with Gasteiger partial charge in [-0.15, -0.1) is 11.3 Å². The molecule has 0 bridgehead atoms. The molecule has 1 aromatic heterocycles. The molecule has 4 nitrogen and oxygen atoms in total. The third-order valence-electron chi connectivity index (χ3n) is 5.71. The number of benzene rings is 1. The summed E-state index contributed by atoms with van der Waals surface area (Å²) in [5.41, 5.74) is 1.08. The van der Waals surface area contributed by atoms with Crippen molar-refractivity contribution in [1.29, 1.82) is 0 Å². The van der Waals surface area contributed by atoms with Crippen LogP contribution in [0.2, 0.25) is 0 Å². The number of rotatable bonds is 6. The van der Waals surface area contributed by atoms with Gasteiger partial charge in [-0.3, -0.25) is 4.79 Å². The van der Waals surface area contributed by atoms with E-state index in [1.54, 1.807) is 11.3 Å². The highest BCUT2D eigenvalue weighted by Gasteiger charge is 2.37. The van der Waals surface area contributed by atoms with E-state index in [4.69, 9.17) is 0 Å². The first-order valence-electron chi connectivity index (χ1n) is 9.80. The van der Waals surface area contributed by atoms with Crippen LogP contribution in [0.15, 0.2) is 41.8 Å². The fourth-order valence-corrected chi connectivity index (χ4v) is 5.04. The van der Waals surface area contributed by atoms with Crippen LogP contribution in [-0.4, -0.2) is 38.1 Å². The molecule has 1 aliphatic heterocycles. The largest absolute Gasteiger partial charge is 0.360 e. The lowest BCUT2D eigenvalue weighted by Crippen LogP contribution is -3.16. The van der Waals surface area contributed by atoms with E-state index in [9.17, 15) is 9.18 Å². The lowest BCUT2D eigenvalue weighted by molar-refractivity contribution is -0.933. The second kappa shape index (κ2) is 7.98. The van der Waals surface area contributed by atoms with Crippen LogP contribution in [0.5, 0.6) is 0 Å². The van der Waals surface area contributed by atoms with Crippen molar-refractivity contribution in [3.8, 4) is 0 Å². The summed E-state index contributed by atoms with van der Waals surface area (Å²) in [4.78, 5) is 17.5. The van der Waals surface area contributed by atoms with Crippen molar-refractivity contribution in [3.05, 3.63) is 52.5 Å². The van der Waals surface area contributed by atoms with Crippen molar-refractivity contribution in [2.24, 2.45) is 5.92 Å². The maximum absolute atomic E-state index is 13.2. The van der Waals surface area contributed by atoms with Gasteiger partial charge >= 0.3 is 0 Å². The summed E-state index contributed by atoms with van der Waals surface area (Å²) in [7, 11) is 0. The number of thiophene rings is 1. The van der Waals surface area contributed by atoms with Crippen LogP contribution < -0.4 is 15.1 Å². The Morgan fingerprint density at radius 2 is 1.93 bits per heavy atom. The SMILES string of the molecule is C[C@@H](NC(=O)C1CC1)[C@H](c1cccs1)[NH+]1CCN(c2ccc(F)cc2)CC1. The Labute approximate surface area is 164 Å². The quantitative estimate of drug-likeness (QED) is 0.796. The normalized spacial score (nSPS) is 20.3. The smallest absolute Gasteiger partial charge is 0.223 e. The average molecular weight is 389 g/mol. The van der Waals surface area contributed by atoms with Crippen molar-refractivity contribution in [3.63, 3.8) is 0 Å². The summed E-state index contributed by atoms with van der Waals surface area (Å²) in [6.45, 7) is 6.02. The maximum Gasteiger partial charge on any atom is 0.223 e. The zero-order chi connectivity index (χ0) is 18.8. The number of hydrogen-bond acceptors (Lipinski definition) is 3. The summed E-state index contributed by atoms with van der Waals surface area (Å²) in [5, 5.41) is 5.39. The molecule has 0 unspecified atom stereocenters. The van der Waals surface area contributed by atoms with Crippen LogP contribution in [0.3, 0.4) is 0 Å². The molecule has 27 heavy (non-hydrogen) atoms. The van der Waals surface area contributed by atoms with Gasteiger partial charge < -0.3 is 15.1 Å². The molecule has 1 aliphatic carbocycles. The van der Waals surface area contributed by atoms with Crippen LogP contribution in [0.4, 0.5) is 10.1 Å². The van der Waals surface area contributed by atoms with Gasteiger partial charge in [0.2, 0.25) is 5.91 Å². The molecule has 6 heteroatoms. The number of carbonyl (C=O) groups is 1. The molecule has 1 saturated heterocycles. The van der Waals surface area contributed by atoms with Crippen molar-refractivity contribution in [1.82, 2.24) is 5.32 Å². The van der Waals surface area contributed by atoms with Crippen LogP contribution in [0, 0.1) is 11.7 Å². The number of nitrogens with one attached hydrogen (secondary N) is 2. The van der Waals surface area contributed by atoms with Crippen LogP contribution in [0.25, 0.3) is 0 Å². The number of anilines is 1. The van der Waals surface area contributed by atoms with Crippen LogP contribution in [0.1, 0.15) is 30.7 Å². The summed E-state index contributed by atoms with van der Waals surface area (Å²) >= 11 is 1.78. The zero-order valence-corrected chi connectivity index (χ0v) is 16.5. The molecule has 4 rings (SSSR count). The number of piperazine rings is 1. The minimum atomic E-state index is -0.194. The van der Waals surface area contributed by atoms with E-state index in [-0.39, 0.29) is 29.7 Å². The monoisotopic (exact) mass is 388 g/mol. The molecule has 1 amide bonds. The molecule has 1 saturated carbocycles. The molecule has 2 atom stereocenters. The molecule has 144 valence electrons. The third kappa shape index (κ3) is 4.33. The first kappa shape index (κ1) is 18.4.